The van der Waals surface area contributed by atoms with Crippen molar-refractivity contribution < 1.29 is 4.79 Å². The summed E-state index contributed by atoms with van der Waals surface area (Å²) in [6, 6.07) is 0. The Morgan fingerprint density at radius 2 is 1.95 bits per heavy atom. The number of carbonyl (C=O) groups excluding carboxylic acids is 1. The van der Waals surface area contributed by atoms with Gasteiger partial charge in [0.2, 0.25) is 5.91 Å². The molecule has 1 aliphatic heterocycles. The Bertz CT molecular complexity index is 495. The van der Waals surface area contributed by atoms with Crippen LogP contribution in [0.25, 0.3) is 0 Å². The van der Waals surface area contributed by atoms with E-state index in [4.69, 9.17) is 0 Å². The van der Waals surface area contributed by atoms with E-state index in [-0.39, 0.29) is 11.8 Å². The number of hydrogen-bond acceptors (Lipinski definition) is 4. The first-order valence-corrected chi connectivity index (χ1v) is 8.38. The molecule has 0 aromatic carbocycles. The zero-order valence-electron chi connectivity index (χ0n) is 14.3. The number of rotatable bonds is 6. The first-order valence-electron chi connectivity index (χ1n) is 8.38. The minimum Gasteiger partial charge on any atom is -0.355 e. The molecule has 1 N–H and O–H groups in total. The Balaban J connectivity index is 1.89. The molecule has 124 valence electrons. The number of nitrogens with zero attached hydrogens (tertiary/aromatic N) is 4. The van der Waals surface area contributed by atoms with E-state index >= 15 is 0 Å². The molecule has 1 amide bonds. The normalized spacial score (nSPS) is 15.9. The van der Waals surface area contributed by atoms with Crippen molar-refractivity contribution in [2.45, 2.75) is 47.1 Å². The van der Waals surface area contributed by atoms with Crippen molar-refractivity contribution in [1.29, 1.82) is 0 Å². The van der Waals surface area contributed by atoms with Gasteiger partial charge in [-0.3, -0.25) is 4.79 Å². The molecule has 1 aliphatic rings. The van der Waals surface area contributed by atoms with Crippen LogP contribution in [0.3, 0.4) is 0 Å². The predicted molar refractivity (Wildman–Crippen MR) is 86.6 cm³/mol. The summed E-state index contributed by atoms with van der Waals surface area (Å²) in [5.41, 5.74) is 0. The molecule has 6 nitrogen and oxygen atoms in total. The van der Waals surface area contributed by atoms with E-state index in [1.54, 1.807) is 0 Å². The molecule has 0 saturated heterocycles. The molecule has 0 atom stereocenters. The van der Waals surface area contributed by atoms with Crippen molar-refractivity contribution in [3.05, 3.63) is 11.6 Å². The summed E-state index contributed by atoms with van der Waals surface area (Å²) in [7, 11) is 0. The van der Waals surface area contributed by atoms with Crippen LogP contribution >= 0.6 is 0 Å². The van der Waals surface area contributed by atoms with Crippen LogP contribution in [0.15, 0.2) is 0 Å². The van der Waals surface area contributed by atoms with E-state index in [0.29, 0.717) is 12.5 Å². The van der Waals surface area contributed by atoms with Gasteiger partial charge < -0.3 is 14.8 Å². The molecule has 1 aromatic rings. The number of nitrogens with one attached hydrogen (secondary N) is 1. The summed E-state index contributed by atoms with van der Waals surface area (Å²) in [5, 5.41) is 11.6. The van der Waals surface area contributed by atoms with Gasteiger partial charge in [-0.05, 0) is 5.92 Å². The summed E-state index contributed by atoms with van der Waals surface area (Å²) in [6.07, 6.45) is 1.70. The van der Waals surface area contributed by atoms with Crippen molar-refractivity contribution in [2.75, 3.05) is 26.2 Å². The highest BCUT2D eigenvalue weighted by Gasteiger charge is 2.19. The minimum absolute atomic E-state index is 0.0279. The quantitative estimate of drug-likeness (QED) is 0.855. The van der Waals surface area contributed by atoms with Gasteiger partial charge in [-0.1, -0.05) is 27.7 Å². The smallest absolute Gasteiger partial charge is 0.222 e. The molecule has 0 aliphatic carbocycles. The summed E-state index contributed by atoms with van der Waals surface area (Å²) in [4.78, 5) is 14.1. The number of carbonyl (C=O) groups is 1. The standard InChI is InChI=1S/C16H29N5O/c1-12(2)11-20-8-6-15-19-18-14(21(15)10-9-20)5-7-17-16(22)13(3)4/h12-13H,5-11H2,1-4H3,(H,17,22). The maximum absolute atomic E-state index is 11.6. The number of hydrogen-bond donors (Lipinski definition) is 1. The summed E-state index contributed by atoms with van der Waals surface area (Å²) >= 11 is 0. The van der Waals surface area contributed by atoms with Crippen LogP contribution in [0.1, 0.15) is 39.3 Å². The molecule has 6 heteroatoms. The second-order valence-electron chi connectivity index (χ2n) is 6.82. The molecular weight excluding hydrogens is 278 g/mol. The van der Waals surface area contributed by atoms with E-state index in [1.165, 1.54) is 0 Å². The first-order chi connectivity index (χ1) is 10.5. The van der Waals surface area contributed by atoms with Crippen LogP contribution in [0.4, 0.5) is 0 Å². The molecule has 2 heterocycles. The summed E-state index contributed by atoms with van der Waals surface area (Å²) < 4.78 is 2.24. The van der Waals surface area contributed by atoms with Gasteiger partial charge in [0.25, 0.3) is 0 Å². The first kappa shape index (κ1) is 16.9. The molecule has 22 heavy (non-hydrogen) atoms. The SMILES string of the molecule is CC(C)CN1CCc2nnc(CCNC(=O)C(C)C)n2CC1. The monoisotopic (exact) mass is 307 g/mol. The predicted octanol–water partition coefficient (Wildman–Crippen LogP) is 1.11. The molecular formula is C16H29N5O. The fourth-order valence-corrected chi connectivity index (χ4v) is 2.81. The summed E-state index contributed by atoms with van der Waals surface area (Å²) in [6.45, 7) is 13.1. The van der Waals surface area contributed by atoms with Crippen LogP contribution in [-0.4, -0.2) is 51.8 Å². The van der Waals surface area contributed by atoms with Crippen LogP contribution in [0, 0.1) is 11.8 Å². The Hall–Kier alpha value is -1.43. The van der Waals surface area contributed by atoms with Crippen LogP contribution in [-0.2, 0) is 24.2 Å². The fourth-order valence-electron chi connectivity index (χ4n) is 2.81. The average Bonchev–Trinajstić information content (AvgIpc) is 2.72. The Kier molecular flexibility index (Phi) is 5.94. The third kappa shape index (κ3) is 4.53. The van der Waals surface area contributed by atoms with Crippen molar-refractivity contribution in [3.8, 4) is 0 Å². The van der Waals surface area contributed by atoms with Crippen LogP contribution in [0.2, 0.25) is 0 Å². The van der Waals surface area contributed by atoms with Crippen molar-refractivity contribution in [1.82, 2.24) is 25.0 Å². The van der Waals surface area contributed by atoms with Gasteiger partial charge in [0.05, 0.1) is 0 Å². The zero-order chi connectivity index (χ0) is 16.1. The lowest BCUT2D eigenvalue weighted by molar-refractivity contribution is -0.123. The highest BCUT2D eigenvalue weighted by atomic mass is 16.1. The lowest BCUT2D eigenvalue weighted by atomic mass is 10.2. The lowest BCUT2D eigenvalue weighted by Crippen LogP contribution is -2.31. The Morgan fingerprint density at radius 3 is 2.64 bits per heavy atom. The molecule has 2 rings (SSSR count). The van der Waals surface area contributed by atoms with Gasteiger partial charge >= 0.3 is 0 Å². The van der Waals surface area contributed by atoms with E-state index < -0.39 is 0 Å². The highest BCUT2D eigenvalue weighted by Crippen LogP contribution is 2.11. The van der Waals surface area contributed by atoms with Gasteiger partial charge in [-0.25, -0.2) is 0 Å². The average molecular weight is 307 g/mol. The molecule has 0 radical (unpaired) electrons. The number of amides is 1. The zero-order valence-corrected chi connectivity index (χ0v) is 14.3. The van der Waals surface area contributed by atoms with Gasteiger partial charge in [0.15, 0.2) is 0 Å². The third-order valence-corrected chi connectivity index (χ3v) is 3.99. The van der Waals surface area contributed by atoms with Gasteiger partial charge in [0, 0.05) is 51.5 Å². The summed E-state index contributed by atoms with van der Waals surface area (Å²) in [5.74, 6) is 2.88. The van der Waals surface area contributed by atoms with Crippen molar-refractivity contribution >= 4 is 5.91 Å². The second-order valence-corrected chi connectivity index (χ2v) is 6.82. The largest absolute Gasteiger partial charge is 0.355 e. The third-order valence-electron chi connectivity index (χ3n) is 3.99. The van der Waals surface area contributed by atoms with Crippen LogP contribution < -0.4 is 5.32 Å². The molecule has 0 spiro atoms. The number of aromatic nitrogens is 3. The Labute approximate surface area is 133 Å². The van der Waals surface area contributed by atoms with Crippen molar-refractivity contribution in [2.24, 2.45) is 11.8 Å². The van der Waals surface area contributed by atoms with Gasteiger partial charge in [-0.15, -0.1) is 10.2 Å². The van der Waals surface area contributed by atoms with E-state index in [9.17, 15) is 4.79 Å². The number of fused-ring (bicyclic) bond motifs is 1. The fraction of sp³-hybridized carbons (Fsp3) is 0.812. The lowest BCUT2D eigenvalue weighted by Gasteiger charge is -2.21. The topological polar surface area (TPSA) is 63.1 Å². The molecule has 1 aromatic heterocycles. The minimum atomic E-state index is 0.0279. The molecule has 0 unspecified atom stereocenters. The van der Waals surface area contributed by atoms with E-state index in [1.807, 2.05) is 13.8 Å². The maximum Gasteiger partial charge on any atom is 0.222 e. The highest BCUT2D eigenvalue weighted by molar-refractivity contribution is 5.77. The molecule has 0 saturated carbocycles. The second kappa shape index (κ2) is 7.72. The van der Waals surface area contributed by atoms with Crippen LogP contribution in [0.5, 0.6) is 0 Å². The van der Waals surface area contributed by atoms with Crippen molar-refractivity contribution in [3.63, 3.8) is 0 Å². The van der Waals surface area contributed by atoms with E-state index in [2.05, 4.69) is 38.8 Å². The molecule has 0 bridgehead atoms. The Morgan fingerprint density at radius 1 is 1.18 bits per heavy atom. The van der Waals surface area contributed by atoms with Gasteiger partial charge in [0.1, 0.15) is 11.6 Å². The molecule has 0 fully saturated rings. The van der Waals surface area contributed by atoms with E-state index in [0.717, 1.165) is 50.7 Å². The maximum atomic E-state index is 11.6. The van der Waals surface area contributed by atoms with Gasteiger partial charge in [-0.2, -0.15) is 0 Å².